The lowest BCUT2D eigenvalue weighted by Gasteiger charge is -2.20. The highest BCUT2D eigenvalue weighted by molar-refractivity contribution is 5.79. The number of benzene rings is 1. The number of methoxy groups -OCH3 is 1. The summed E-state index contributed by atoms with van der Waals surface area (Å²) >= 11 is 0. The first-order chi connectivity index (χ1) is 12.7. The maximum Gasteiger partial charge on any atom is 0.407 e. The average Bonchev–Trinajstić information content (AvgIpc) is 2.60. The van der Waals surface area contributed by atoms with Crippen molar-refractivity contribution < 1.29 is 19.0 Å². The SMILES string of the molecule is CN=C(NCCNC(=O)OC(C)(C)C)NCC(C)Oc1ccc(OC)cc1. The number of hydrogen-bond acceptors (Lipinski definition) is 5. The Bertz CT molecular complexity index is 597. The number of aliphatic imine (C=N–C) groups is 1. The number of carbonyl (C=O) groups is 1. The van der Waals surface area contributed by atoms with E-state index in [9.17, 15) is 4.79 Å². The second-order valence-corrected chi connectivity index (χ2v) is 6.91. The number of ether oxygens (including phenoxy) is 3. The molecule has 0 aliphatic rings. The maximum atomic E-state index is 11.6. The molecule has 8 nitrogen and oxygen atoms in total. The van der Waals surface area contributed by atoms with Crippen molar-refractivity contribution >= 4 is 12.1 Å². The molecule has 0 saturated heterocycles. The van der Waals surface area contributed by atoms with Gasteiger partial charge in [0.15, 0.2) is 5.96 Å². The van der Waals surface area contributed by atoms with Crippen molar-refractivity contribution in [2.45, 2.75) is 39.4 Å². The molecule has 3 N–H and O–H groups in total. The molecular weight excluding hydrogens is 348 g/mol. The van der Waals surface area contributed by atoms with Crippen LogP contribution in [0.4, 0.5) is 4.79 Å². The third kappa shape index (κ3) is 10.2. The minimum absolute atomic E-state index is 0.0585. The van der Waals surface area contributed by atoms with Crippen LogP contribution in [0.1, 0.15) is 27.7 Å². The molecule has 1 amide bonds. The Morgan fingerprint density at radius 1 is 1.07 bits per heavy atom. The lowest BCUT2D eigenvalue weighted by atomic mass is 10.2. The topological polar surface area (TPSA) is 93.2 Å². The molecule has 1 aromatic carbocycles. The monoisotopic (exact) mass is 380 g/mol. The van der Waals surface area contributed by atoms with Crippen molar-refractivity contribution in [1.29, 1.82) is 0 Å². The average molecular weight is 380 g/mol. The van der Waals surface area contributed by atoms with Crippen LogP contribution in [-0.2, 0) is 4.74 Å². The molecule has 1 unspecified atom stereocenters. The Balaban J connectivity index is 2.25. The normalized spacial score (nSPS) is 12.7. The van der Waals surface area contributed by atoms with Crippen LogP contribution in [0, 0.1) is 0 Å². The number of carbonyl (C=O) groups excluding carboxylic acids is 1. The molecule has 27 heavy (non-hydrogen) atoms. The van der Waals surface area contributed by atoms with E-state index in [-0.39, 0.29) is 6.10 Å². The first kappa shape index (κ1) is 22.4. The highest BCUT2D eigenvalue weighted by Gasteiger charge is 2.15. The fraction of sp³-hybridized carbons (Fsp3) is 0.579. The van der Waals surface area contributed by atoms with E-state index in [1.165, 1.54) is 0 Å². The van der Waals surface area contributed by atoms with E-state index in [2.05, 4.69) is 20.9 Å². The van der Waals surface area contributed by atoms with Gasteiger partial charge in [-0.15, -0.1) is 0 Å². The number of nitrogens with zero attached hydrogens (tertiary/aromatic N) is 1. The number of amides is 1. The Hall–Kier alpha value is -2.64. The van der Waals surface area contributed by atoms with Crippen LogP contribution < -0.4 is 25.4 Å². The zero-order valence-electron chi connectivity index (χ0n) is 17.1. The van der Waals surface area contributed by atoms with E-state index < -0.39 is 11.7 Å². The standard InChI is InChI=1S/C19H32N4O4/c1-14(26-16-9-7-15(25-6)8-10-16)13-23-17(20-5)21-11-12-22-18(24)27-19(2,3)4/h7-10,14H,11-13H2,1-6H3,(H,22,24)(H2,20,21,23). The van der Waals surface area contributed by atoms with Gasteiger partial charge < -0.3 is 30.2 Å². The Kier molecular flexibility index (Phi) is 9.25. The van der Waals surface area contributed by atoms with Gasteiger partial charge in [0.2, 0.25) is 0 Å². The van der Waals surface area contributed by atoms with Crippen molar-refractivity contribution in [2.75, 3.05) is 33.8 Å². The van der Waals surface area contributed by atoms with E-state index in [4.69, 9.17) is 14.2 Å². The highest BCUT2D eigenvalue weighted by atomic mass is 16.6. The maximum absolute atomic E-state index is 11.6. The summed E-state index contributed by atoms with van der Waals surface area (Å²) < 4.78 is 16.1. The molecule has 0 spiro atoms. The molecule has 0 saturated carbocycles. The van der Waals surface area contributed by atoms with Gasteiger partial charge in [-0.2, -0.15) is 0 Å². The zero-order chi connectivity index (χ0) is 20.3. The van der Waals surface area contributed by atoms with Crippen LogP contribution in [0.15, 0.2) is 29.3 Å². The van der Waals surface area contributed by atoms with Gasteiger partial charge >= 0.3 is 6.09 Å². The summed E-state index contributed by atoms with van der Waals surface area (Å²) in [7, 11) is 3.32. The van der Waals surface area contributed by atoms with Crippen LogP contribution in [0.3, 0.4) is 0 Å². The van der Waals surface area contributed by atoms with Gasteiger partial charge in [0, 0.05) is 20.1 Å². The summed E-state index contributed by atoms with van der Waals surface area (Å²) in [5, 5.41) is 8.99. The Labute approximate surface area is 161 Å². The lowest BCUT2D eigenvalue weighted by molar-refractivity contribution is 0.0529. The van der Waals surface area contributed by atoms with Crippen molar-refractivity contribution in [2.24, 2.45) is 4.99 Å². The molecule has 0 aliphatic heterocycles. The van der Waals surface area contributed by atoms with Gasteiger partial charge in [-0.05, 0) is 52.0 Å². The molecule has 8 heteroatoms. The molecule has 1 aromatic rings. The summed E-state index contributed by atoms with van der Waals surface area (Å²) in [5.41, 5.74) is -0.505. The van der Waals surface area contributed by atoms with Crippen molar-refractivity contribution in [3.63, 3.8) is 0 Å². The van der Waals surface area contributed by atoms with Gasteiger partial charge in [0.25, 0.3) is 0 Å². The Morgan fingerprint density at radius 2 is 1.67 bits per heavy atom. The lowest BCUT2D eigenvalue weighted by Crippen LogP contribution is -2.44. The third-order valence-corrected chi connectivity index (χ3v) is 3.26. The van der Waals surface area contributed by atoms with E-state index >= 15 is 0 Å². The first-order valence-electron chi connectivity index (χ1n) is 8.95. The van der Waals surface area contributed by atoms with Crippen LogP contribution in [-0.4, -0.2) is 57.5 Å². The van der Waals surface area contributed by atoms with Crippen molar-refractivity contribution in [1.82, 2.24) is 16.0 Å². The van der Waals surface area contributed by atoms with E-state index in [0.29, 0.717) is 25.6 Å². The quantitative estimate of drug-likeness (QED) is 0.364. The summed E-state index contributed by atoms with van der Waals surface area (Å²) in [6.07, 6.45) is -0.495. The van der Waals surface area contributed by atoms with Gasteiger partial charge in [0.1, 0.15) is 23.2 Å². The molecular formula is C19H32N4O4. The van der Waals surface area contributed by atoms with Gasteiger partial charge in [-0.3, -0.25) is 4.99 Å². The summed E-state index contributed by atoms with van der Waals surface area (Å²) in [6.45, 7) is 8.96. The minimum atomic E-state index is -0.505. The van der Waals surface area contributed by atoms with Crippen LogP contribution in [0.25, 0.3) is 0 Å². The fourth-order valence-corrected chi connectivity index (χ4v) is 2.05. The molecule has 0 aromatic heterocycles. The number of rotatable bonds is 8. The van der Waals surface area contributed by atoms with Crippen molar-refractivity contribution in [3.8, 4) is 11.5 Å². The van der Waals surface area contributed by atoms with Gasteiger partial charge in [0.05, 0.1) is 13.7 Å². The summed E-state index contributed by atoms with van der Waals surface area (Å²) in [4.78, 5) is 15.7. The molecule has 0 heterocycles. The van der Waals surface area contributed by atoms with Crippen LogP contribution >= 0.6 is 0 Å². The molecule has 1 atom stereocenters. The van der Waals surface area contributed by atoms with Crippen LogP contribution in [0.2, 0.25) is 0 Å². The predicted octanol–water partition coefficient (Wildman–Crippen LogP) is 2.15. The molecule has 0 aliphatic carbocycles. The second kappa shape index (κ2) is 11.2. The van der Waals surface area contributed by atoms with Crippen molar-refractivity contribution in [3.05, 3.63) is 24.3 Å². The van der Waals surface area contributed by atoms with Gasteiger partial charge in [-0.1, -0.05) is 0 Å². The molecule has 0 fully saturated rings. The Morgan fingerprint density at radius 3 is 2.22 bits per heavy atom. The molecule has 0 radical (unpaired) electrons. The van der Waals surface area contributed by atoms with E-state index in [1.54, 1.807) is 14.2 Å². The number of alkyl carbamates (subject to hydrolysis) is 1. The largest absolute Gasteiger partial charge is 0.497 e. The van der Waals surface area contributed by atoms with Crippen LogP contribution in [0.5, 0.6) is 11.5 Å². The fourth-order valence-electron chi connectivity index (χ4n) is 2.05. The minimum Gasteiger partial charge on any atom is -0.497 e. The zero-order valence-corrected chi connectivity index (χ0v) is 17.1. The third-order valence-electron chi connectivity index (χ3n) is 3.26. The highest BCUT2D eigenvalue weighted by Crippen LogP contribution is 2.17. The smallest absolute Gasteiger partial charge is 0.407 e. The van der Waals surface area contributed by atoms with E-state index in [1.807, 2.05) is 52.0 Å². The summed E-state index contributed by atoms with van der Waals surface area (Å²) in [5.74, 6) is 2.19. The molecule has 0 bridgehead atoms. The van der Waals surface area contributed by atoms with E-state index in [0.717, 1.165) is 11.5 Å². The molecule has 1 rings (SSSR count). The first-order valence-corrected chi connectivity index (χ1v) is 8.95. The molecule has 152 valence electrons. The summed E-state index contributed by atoms with van der Waals surface area (Å²) in [6, 6.07) is 7.44. The van der Waals surface area contributed by atoms with Gasteiger partial charge in [-0.25, -0.2) is 4.79 Å². The predicted molar refractivity (Wildman–Crippen MR) is 107 cm³/mol. The number of hydrogen-bond donors (Lipinski definition) is 3. The second-order valence-electron chi connectivity index (χ2n) is 6.91. The number of guanidine groups is 1. The number of nitrogens with one attached hydrogen (secondary N) is 3.